The van der Waals surface area contributed by atoms with Crippen LogP contribution in [0, 0.1) is 0 Å². The highest BCUT2D eigenvalue weighted by molar-refractivity contribution is 6.32. The van der Waals surface area contributed by atoms with Crippen LogP contribution in [-0.4, -0.2) is 37.9 Å². The van der Waals surface area contributed by atoms with Gasteiger partial charge in [-0.05, 0) is 44.2 Å². The van der Waals surface area contributed by atoms with E-state index in [9.17, 15) is 9.59 Å². The summed E-state index contributed by atoms with van der Waals surface area (Å²) in [6.07, 6.45) is 3.71. The van der Waals surface area contributed by atoms with E-state index in [1.165, 1.54) is 0 Å². The van der Waals surface area contributed by atoms with Gasteiger partial charge in [-0.15, -0.1) is 0 Å². The zero-order valence-electron chi connectivity index (χ0n) is 17.3. The van der Waals surface area contributed by atoms with Gasteiger partial charge in [0.25, 0.3) is 0 Å². The molecule has 164 valence electrons. The third-order valence-electron chi connectivity index (χ3n) is 6.22. The lowest BCUT2D eigenvalue weighted by Crippen LogP contribution is -2.35. The largest absolute Gasteiger partial charge is 0.459 e. The predicted octanol–water partition coefficient (Wildman–Crippen LogP) is 3.76. The van der Waals surface area contributed by atoms with Crippen molar-refractivity contribution < 1.29 is 28.5 Å². The highest BCUT2D eigenvalue weighted by Crippen LogP contribution is 2.48. The molecule has 1 N–H and O–H groups in total. The van der Waals surface area contributed by atoms with Gasteiger partial charge in [0.15, 0.2) is 17.3 Å². The fourth-order valence-corrected chi connectivity index (χ4v) is 5.00. The van der Waals surface area contributed by atoms with Gasteiger partial charge in [-0.2, -0.15) is 0 Å². The summed E-state index contributed by atoms with van der Waals surface area (Å²) in [6, 6.07) is 3.45. The number of allylic oxidation sites excluding steroid dienone is 3. The first kappa shape index (κ1) is 20.4. The molecule has 8 heteroatoms. The fourth-order valence-electron chi connectivity index (χ4n) is 4.74. The van der Waals surface area contributed by atoms with Crippen molar-refractivity contribution in [1.82, 2.24) is 5.32 Å². The van der Waals surface area contributed by atoms with Gasteiger partial charge in [0.1, 0.15) is 6.61 Å². The maximum absolute atomic E-state index is 13.3. The Balaban J connectivity index is 1.55. The van der Waals surface area contributed by atoms with E-state index in [0.29, 0.717) is 52.0 Å². The molecule has 3 aliphatic heterocycles. The Kier molecular flexibility index (Phi) is 5.40. The molecule has 0 unspecified atom stereocenters. The molecule has 1 aliphatic carbocycles. The van der Waals surface area contributed by atoms with Crippen LogP contribution in [0.15, 0.2) is 34.7 Å². The molecule has 1 aromatic carbocycles. The first-order valence-electron chi connectivity index (χ1n) is 10.6. The molecule has 1 fully saturated rings. The summed E-state index contributed by atoms with van der Waals surface area (Å²) < 4.78 is 22.2. The smallest absolute Gasteiger partial charge is 0.336 e. The molecule has 0 spiro atoms. The van der Waals surface area contributed by atoms with Crippen LogP contribution in [0.25, 0.3) is 0 Å². The molecule has 0 aromatic heterocycles. The van der Waals surface area contributed by atoms with Crippen molar-refractivity contribution in [2.75, 3.05) is 20.0 Å². The number of Topliss-reactive ketones (excluding diaryl/α,β-unsaturated/α-hetero) is 1. The topological polar surface area (TPSA) is 83.1 Å². The number of ether oxygens (including phenoxy) is 4. The number of halogens is 1. The van der Waals surface area contributed by atoms with E-state index >= 15 is 0 Å². The van der Waals surface area contributed by atoms with E-state index in [1.807, 2.05) is 6.92 Å². The molecule has 0 radical (unpaired) electrons. The number of carbonyl (C=O) groups excluding carboxylic acids is 2. The molecule has 1 saturated heterocycles. The molecule has 2 atom stereocenters. The van der Waals surface area contributed by atoms with Crippen molar-refractivity contribution in [2.24, 2.45) is 0 Å². The molecule has 3 heterocycles. The normalized spacial score (nSPS) is 24.9. The SMILES string of the molecule is CC1=C(C(=O)OC[C@@H]2CCCO2)[C@H](c2cc3c(cc2Cl)OCO3)C2=C(CCCC2=O)N1. The number of ketones is 1. The van der Waals surface area contributed by atoms with Gasteiger partial charge in [0, 0.05) is 47.0 Å². The second kappa shape index (κ2) is 8.20. The Morgan fingerprint density at radius 2 is 2.03 bits per heavy atom. The third-order valence-corrected chi connectivity index (χ3v) is 6.55. The van der Waals surface area contributed by atoms with E-state index in [2.05, 4.69) is 5.32 Å². The van der Waals surface area contributed by atoms with Crippen LogP contribution in [0.4, 0.5) is 0 Å². The molecule has 31 heavy (non-hydrogen) atoms. The van der Waals surface area contributed by atoms with Crippen LogP contribution in [0.2, 0.25) is 5.02 Å². The monoisotopic (exact) mass is 445 g/mol. The minimum absolute atomic E-state index is 0.0180. The van der Waals surface area contributed by atoms with Crippen molar-refractivity contribution in [2.45, 2.75) is 51.0 Å². The van der Waals surface area contributed by atoms with E-state index in [0.717, 1.165) is 31.4 Å². The fraction of sp³-hybridized carbons (Fsp3) is 0.478. The second-order valence-corrected chi connectivity index (χ2v) is 8.63. The van der Waals surface area contributed by atoms with E-state index in [-0.39, 0.29) is 25.3 Å². The summed E-state index contributed by atoms with van der Waals surface area (Å²) in [4.78, 5) is 26.3. The predicted molar refractivity (Wildman–Crippen MR) is 112 cm³/mol. The number of hydrogen-bond donors (Lipinski definition) is 1. The van der Waals surface area contributed by atoms with E-state index in [4.69, 9.17) is 30.5 Å². The Labute approximate surface area is 185 Å². The number of benzene rings is 1. The van der Waals surface area contributed by atoms with Crippen molar-refractivity contribution >= 4 is 23.4 Å². The van der Waals surface area contributed by atoms with E-state index < -0.39 is 11.9 Å². The highest BCUT2D eigenvalue weighted by atomic mass is 35.5. The van der Waals surface area contributed by atoms with Gasteiger partial charge in [0.05, 0.1) is 11.7 Å². The number of fused-ring (bicyclic) bond motifs is 1. The molecule has 1 aromatic rings. The average Bonchev–Trinajstić information content (AvgIpc) is 3.42. The van der Waals surface area contributed by atoms with Crippen LogP contribution in [0.5, 0.6) is 11.5 Å². The molecule has 4 aliphatic rings. The summed E-state index contributed by atoms with van der Waals surface area (Å²) in [6.45, 7) is 2.82. The van der Waals surface area contributed by atoms with Crippen LogP contribution in [0.3, 0.4) is 0 Å². The van der Waals surface area contributed by atoms with Gasteiger partial charge in [-0.3, -0.25) is 4.79 Å². The number of esters is 1. The van der Waals surface area contributed by atoms with Crippen LogP contribution < -0.4 is 14.8 Å². The second-order valence-electron chi connectivity index (χ2n) is 8.23. The van der Waals surface area contributed by atoms with Crippen molar-refractivity contribution in [1.29, 1.82) is 0 Å². The van der Waals surface area contributed by atoms with Crippen LogP contribution >= 0.6 is 11.6 Å². The summed E-state index contributed by atoms with van der Waals surface area (Å²) in [5.74, 6) is 0.0275. The Morgan fingerprint density at radius 1 is 1.23 bits per heavy atom. The molecular formula is C23H24ClNO6. The van der Waals surface area contributed by atoms with Gasteiger partial charge in [0.2, 0.25) is 6.79 Å². The first-order chi connectivity index (χ1) is 15.0. The number of rotatable bonds is 4. The standard InChI is InChI=1S/C23H24ClNO6/c1-12-20(23(27)29-10-13-4-3-7-28-13)21(22-16(25-12)5-2-6-17(22)26)14-8-18-19(9-15(14)24)31-11-30-18/h8-9,13,21,25H,2-7,10-11H2,1H3/t13-,21-/m0/s1. The van der Waals surface area contributed by atoms with Gasteiger partial charge in [-0.25, -0.2) is 4.79 Å². The Morgan fingerprint density at radius 3 is 2.81 bits per heavy atom. The first-order valence-corrected chi connectivity index (χ1v) is 11.0. The molecule has 0 amide bonds. The minimum Gasteiger partial charge on any atom is -0.459 e. The molecule has 0 saturated carbocycles. The lowest BCUT2D eigenvalue weighted by atomic mass is 9.75. The average molecular weight is 446 g/mol. The lowest BCUT2D eigenvalue weighted by molar-refractivity contribution is -0.142. The summed E-state index contributed by atoms with van der Waals surface area (Å²) in [5.41, 5.74) is 3.14. The maximum atomic E-state index is 13.3. The van der Waals surface area contributed by atoms with Crippen molar-refractivity contribution in [3.63, 3.8) is 0 Å². The summed E-state index contributed by atoms with van der Waals surface area (Å²) >= 11 is 6.63. The number of dihydropyridines is 1. The molecular weight excluding hydrogens is 422 g/mol. The molecule has 0 bridgehead atoms. The Hall–Kier alpha value is -2.51. The maximum Gasteiger partial charge on any atom is 0.336 e. The third kappa shape index (κ3) is 3.70. The minimum atomic E-state index is -0.622. The zero-order valence-corrected chi connectivity index (χ0v) is 18.0. The van der Waals surface area contributed by atoms with Gasteiger partial charge >= 0.3 is 5.97 Å². The summed E-state index contributed by atoms with van der Waals surface area (Å²) in [7, 11) is 0. The Bertz CT molecular complexity index is 1010. The number of nitrogens with one attached hydrogen (secondary N) is 1. The van der Waals surface area contributed by atoms with Crippen LogP contribution in [0.1, 0.15) is 50.5 Å². The van der Waals surface area contributed by atoms with Crippen molar-refractivity contribution in [3.8, 4) is 11.5 Å². The molecule has 7 nitrogen and oxygen atoms in total. The number of carbonyl (C=O) groups is 2. The molecule has 5 rings (SSSR count). The highest BCUT2D eigenvalue weighted by Gasteiger charge is 2.41. The summed E-state index contributed by atoms with van der Waals surface area (Å²) in [5, 5.41) is 3.70. The lowest BCUT2D eigenvalue weighted by Gasteiger charge is -2.34. The zero-order chi connectivity index (χ0) is 21.5. The van der Waals surface area contributed by atoms with E-state index in [1.54, 1.807) is 12.1 Å². The van der Waals surface area contributed by atoms with Gasteiger partial charge in [-0.1, -0.05) is 11.6 Å². The van der Waals surface area contributed by atoms with Gasteiger partial charge < -0.3 is 24.3 Å². The van der Waals surface area contributed by atoms with Crippen molar-refractivity contribution in [3.05, 3.63) is 45.3 Å². The number of hydrogen-bond acceptors (Lipinski definition) is 7. The van der Waals surface area contributed by atoms with Crippen LogP contribution in [-0.2, 0) is 19.1 Å². The quantitative estimate of drug-likeness (QED) is 0.706.